The molecule has 0 spiro atoms. The Hall–Kier alpha value is -0.0231. The lowest BCUT2D eigenvalue weighted by Crippen LogP contribution is -2.63. The van der Waals surface area contributed by atoms with Gasteiger partial charge in [0.25, 0.3) is 0 Å². The van der Waals surface area contributed by atoms with Crippen LogP contribution < -0.4 is 0 Å². The summed E-state index contributed by atoms with van der Waals surface area (Å²) in [5.74, 6) is 0.696. The highest BCUT2D eigenvalue weighted by Crippen LogP contribution is 2.52. The van der Waals surface area contributed by atoms with Gasteiger partial charge in [0, 0.05) is 32.8 Å². The normalized spacial score (nSPS) is 29.5. The monoisotopic (exact) mass is 441 g/mol. The zero-order valence-electron chi connectivity index (χ0n) is 20.7. The summed E-state index contributed by atoms with van der Waals surface area (Å²) in [7, 11) is -1.77. The lowest BCUT2D eigenvalue weighted by molar-refractivity contribution is -0.255. The van der Waals surface area contributed by atoms with E-state index < -0.39 is 8.32 Å². The molecule has 30 heavy (non-hydrogen) atoms. The first-order chi connectivity index (χ1) is 14.2. The first kappa shape index (κ1) is 24.6. The van der Waals surface area contributed by atoms with Crippen molar-refractivity contribution in [3.8, 4) is 0 Å². The summed E-state index contributed by atoms with van der Waals surface area (Å²) >= 11 is 0. The molecule has 3 aliphatic rings. The van der Waals surface area contributed by atoms with E-state index >= 15 is 0 Å². The number of rotatable bonds is 10. The molecule has 1 aliphatic carbocycles. The van der Waals surface area contributed by atoms with E-state index in [4.69, 9.17) is 13.9 Å². The smallest absolute Gasteiger partial charge is 0.200 e. The van der Waals surface area contributed by atoms with Gasteiger partial charge in [-0.3, -0.25) is 0 Å². The second-order valence-electron chi connectivity index (χ2n) is 10.6. The summed E-state index contributed by atoms with van der Waals surface area (Å²) in [5.41, 5.74) is 2.17. The van der Waals surface area contributed by atoms with Crippen molar-refractivity contribution in [2.45, 2.75) is 83.5 Å². The van der Waals surface area contributed by atoms with Gasteiger partial charge < -0.3 is 13.9 Å². The summed E-state index contributed by atoms with van der Waals surface area (Å²) in [6, 6.07) is 0. The minimum absolute atomic E-state index is 0.204. The van der Waals surface area contributed by atoms with E-state index in [1.54, 1.807) is 0 Å². The van der Waals surface area contributed by atoms with E-state index in [1.807, 2.05) is 0 Å². The number of hydrazine groups is 2. The van der Waals surface area contributed by atoms with Crippen LogP contribution in [-0.2, 0) is 13.9 Å². The Kier molecular flexibility index (Phi) is 8.43. The van der Waals surface area contributed by atoms with Gasteiger partial charge >= 0.3 is 0 Å². The van der Waals surface area contributed by atoms with Gasteiger partial charge in [-0.05, 0) is 42.3 Å². The average molecular weight is 442 g/mol. The second kappa shape index (κ2) is 10.3. The van der Waals surface area contributed by atoms with Gasteiger partial charge in [-0.15, -0.1) is 0 Å². The third-order valence-corrected chi connectivity index (χ3v) is 14.0. The number of morpholine rings is 2. The molecule has 0 amide bonds. The van der Waals surface area contributed by atoms with Crippen LogP contribution in [0.3, 0.4) is 0 Å². The second-order valence-corrected chi connectivity index (χ2v) is 16.1. The van der Waals surface area contributed by atoms with Crippen LogP contribution in [0.4, 0.5) is 0 Å². The molecule has 2 aliphatic heterocycles. The fourth-order valence-electron chi connectivity index (χ4n) is 6.29. The maximum atomic E-state index is 6.88. The zero-order chi connectivity index (χ0) is 21.9. The van der Waals surface area contributed by atoms with Crippen molar-refractivity contribution >= 4 is 8.32 Å². The predicted molar refractivity (Wildman–Crippen MR) is 125 cm³/mol. The molecule has 1 saturated carbocycles. The predicted octanol–water partition coefficient (Wildman–Crippen LogP) is 4.14. The largest absolute Gasteiger partial charge is 0.416 e. The molecule has 0 bridgehead atoms. The van der Waals surface area contributed by atoms with Crippen molar-refractivity contribution in [1.29, 1.82) is 0 Å². The third-order valence-electron chi connectivity index (χ3n) is 7.87. The Labute approximate surface area is 186 Å². The minimum atomic E-state index is -1.77. The van der Waals surface area contributed by atoms with Crippen molar-refractivity contribution < 1.29 is 13.9 Å². The van der Waals surface area contributed by atoms with Crippen LogP contribution in [0.1, 0.15) is 61.3 Å². The molecule has 0 radical (unpaired) electrons. The van der Waals surface area contributed by atoms with Crippen LogP contribution in [0.2, 0.25) is 16.6 Å². The van der Waals surface area contributed by atoms with Crippen molar-refractivity contribution in [2.75, 3.05) is 59.2 Å². The molecular formula is C23H47N3O3Si. The third kappa shape index (κ3) is 4.97. The minimum Gasteiger partial charge on any atom is -0.416 e. The van der Waals surface area contributed by atoms with Gasteiger partial charge in [0.2, 0.25) is 0 Å². The SMILES string of the molecule is CC(C)[Si](OCCC1C[C@]1(C)N(N1CCOCC1)N1CCOCC1)(C(C)C)C(C)C. The molecule has 7 heteroatoms. The van der Waals surface area contributed by atoms with Crippen molar-refractivity contribution in [1.82, 2.24) is 15.1 Å². The van der Waals surface area contributed by atoms with Crippen molar-refractivity contribution in [3.63, 3.8) is 0 Å². The van der Waals surface area contributed by atoms with Gasteiger partial charge in [-0.2, -0.15) is 5.12 Å². The summed E-state index contributed by atoms with van der Waals surface area (Å²) in [6.07, 6.45) is 2.42. The number of ether oxygens (including phenoxy) is 2. The Morgan fingerprint density at radius 2 is 1.30 bits per heavy atom. The molecule has 176 valence electrons. The van der Waals surface area contributed by atoms with Gasteiger partial charge in [0.1, 0.15) is 0 Å². The van der Waals surface area contributed by atoms with Gasteiger partial charge in [0.15, 0.2) is 8.32 Å². The molecule has 2 atom stereocenters. The summed E-state index contributed by atoms with van der Waals surface area (Å²) in [5, 5.41) is 7.68. The molecule has 0 aromatic carbocycles. The number of nitrogens with zero attached hydrogens (tertiary/aromatic N) is 3. The van der Waals surface area contributed by atoms with Crippen LogP contribution in [-0.4, -0.2) is 88.2 Å². The van der Waals surface area contributed by atoms with Crippen LogP contribution in [0.5, 0.6) is 0 Å². The summed E-state index contributed by atoms with van der Waals surface area (Å²) in [4.78, 5) is 0. The number of hydrogen-bond acceptors (Lipinski definition) is 6. The summed E-state index contributed by atoms with van der Waals surface area (Å²) < 4.78 is 18.2. The fraction of sp³-hybridized carbons (Fsp3) is 1.00. The lowest BCUT2D eigenvalue weighted by atomic mass is 10.2. The first-order valence-corrected chi connectivity index (χ1v) is 14.5. The molecule has 6 nitrogen and oxygen atoms in total. The Morgan fingerprint density at radius 3 is 1.70 bits per heavy atom. The zero-order valence-corrected chi connectivity index (χ0v) is 21.7. The van der Waals surface area contributed by atoms with Gasteiger partial charge in [-0.1, -0.05) is 41.5 Å². The highest BCUT2D eigenvalue weighted by Gasteiger charge is 2.58. The van der Waals surface area contributed by atoms with E-state index in [2.05, 4.69) is 63.6 Å². The average Bonchev–Trinajstić information content (AvgIpc) is 3.36. The number of hydrogen-bond donors (Lipinski definition) is 0. The first-order valence-electron chi connectivity index (χ1n) is 12.3. The molecular weight excluding hydrogens is 394 g/mol. The van der Waals surface area contributed by atoms with Gasteiger partial charge in [0.05, 0.1) is 32.0 Å². The molecule has 1 unspecified atom stereocenters. The van der Waals surface area contributed by atoms with Crippen molar-refractivity contribution in [3.05, 3.63) is 0 Å². The topological polar surface area (TPSA) is 37.4 Å². The lowest BCUT2D eigenvalue weighted by Gasteiger charge is -2.49. The maximum Gasteiger partial charge on any atom is 0.200 e. The molecule has 0 aromatic rings. The van der Waals surface area contributed by atoms with E-state index in [1.165, 1.54) is 12.8 Å². The maximum absolute atomic E-state index is 6.88. The van der Waals surface area contributed by atoms with Crippen LogP contribution in [0.15, 0.2) is 0 Å². The van der Waals surface area contributed by atoms with Crippen LogP contribution >= 0.6 is 0 Å². The highest BCUT2D eigenvalue weighted by molar-refractivity contribution is 6.77. The highest BCUT2D eigenvalue weighted by atomic mass is 28.4. The van der Waals surface area contributed by atoms with E-state index in [0.717, 1.165) is 59.2 Å². The standard InChI is InChI=1S/C23H47N3O3Si/c1-19(2)30(20(3)4,21(5)6)29-13-8-22-18-23(22,7)26(24-9-14-27-15-10-24)25-11-16-28-17-12-25/h19-22H,8-18H2,1-7H3/t22?,23-/m0/s1. The molecule has 0 aromatic heterocycles. The van der Waals surface area contributed by atoms with E-state index in [9.17, 15) is 0 Å². The molecule has 2 saturated heterocycles. The molecule has 3 fully saturated rings. The molecule has 3 rings (SSSR count). The Bertz CT molecular complexity index is 496. The van der Waals surface area contributed by atoms with Crippen LogP contribution in [0, 0.1) is 5.92 Å². The quantitative estimate of drug-likeness (QED) is 0.474. The molecule has 0 N–H and O–H groups in total. The fourth-order valence-corrected chi connectivity index (χ4v) is 11.8. The van der Waals surface area contributed by atoms with Crippen LogP contribution in [0.25, 0.3) is 0 Å². The van der Waals surface area contributed by atoms with Crippen molar-refractivity contribution in [2.24, 2.45) is 5.92 Å². The Morgan fingerprint density at radius 1 is 0.867 bits per heavy atom. The Balaban J connectivity index is 1.64. The van der Waals surface area contributed by atoms with E-state index in [-0.39, 0.29) is 5.54 Å². The molecule has 2 heterocycles. The van der Waals surface area contributed by atoms with Gasteiger partial charge in [-0.25, -0.2) is 10.0 Å². The summed E-state index contributed by atoms with van der Waals surface area (Å²) in [6.45, 7) is 24.9. The van der Waals surface area contributed by atoms with E-state index in [0.29, 0.717) is 22.5 Å².